The van der Waals surface area contributed by atoms with Crippen molar-refractivity contribution in [1.82, 2.24) is 0 Å². The molecule has 5 heteroatoms. The second kappa shape index (κ2) is 6.74. The summed E-state index contributed by atoms with van der Waals surface area (Å²) in [5.41, 5.74) is 0.853. The van der Waals surface area contributed by atoms with Crippen molar-refractivity contribution in [3.63, 3.8) is 0 Å². The van der Waals surface area contributed by atoms with Gasteiger partial charge in [-0.05, 0) is 25.5 Å². The second-order valence-corrected chi connectivity index (χ2v) is 4.05. The predicted octanol–water partition coefficient (Wildman–Crippen LogP) is 3.03. The Kier molecular flexibility index (Phi) is 5.30. The minimum Gasteiger partial charge on any atom is -0.372 e. The Morgan fingerprint density at radius 1 is 1.39 bits per heavy atom. The molecule has 0 unspecified atom stereocenters. The monoisotopic (exact) mass is 250 g/mol. The van der Waals surface area contributed by atoms with Gasteiger partial charge in [0.25, 0.3) is 5.69 Å². The number of rotatable bonds is 7. The van der Waals surface area contributed by atoms with Crippen LogP contribution in [0.1, 0.15) is 37.0 Å². The van der Waals surface area contributed by atoms with Crippen LogP contribution in [0.5, 0.6) is 0 Å². The number of nitro groups is 1. The quantitative estimate of drug-likeness (QED) is 0.424. The lowest BCUT2D eigenvalue weighted by Gasteiger charge is -2.23. The van der Waals surface area contributed by atoms with E-state index in [1.165, 1.54) is 6.07 Å². The van der Waals surface area contributed by atoms with Crippen molar-refractivity contribution in [3.8, 4) is 0 Å². The minimum atomic E-state index is -0.532. The fourth-order valence-corrected chi connectivity index (χ4v) is 1.82. The molecule has 0 saturated carbocycles. The van der Waals surface area contributed by atoms with E-state index in [1.807, 2.05) is 6.92 Å². The van der Waals surface area contributed by atoms with Crippen molar-refractivity contribution in [2.24, 2.45) is 0 Å². The van der Waals surface area contributed by atoms with Crippen LogP contribution in [-0.4, -0.2) is 24.3 Å². The summed E-state index contributed by atoms with van der Waals surface area (Å²) in [6, 6.07) is 4.68. The van der Waals surface area contributed by atoms with Gasteiger partial charge in [-0.15, -0.1) is 0 Å². The molecule has 5 nitrogen and oxygen atoms in total. The van der Waals surface area contributed by atoms with E-state index in [4.69, 9.17) is 0 Å². The summed E-state index contributed by atoms with van der Waals surface area (Å²) in [5, 5.41) is 10.7. The van der Waals surface area contributed by atoms with Gasteiger partial charge in [0.05, 0.1) is 10.5 Å². The molecule has 98 valence electrons. The molecule has 0 amide bonds. The van der Waals surface area contributed by atoms with Crippen molar-refractivity contribution in [2.45, 2.75) is 26.7 Å². The number of benzene rings is 1. The minimum absolute atomic E-state index is 0.132. The van der Waals surface area contributed by atoms with Crippen LogP contribution in [0.3, 0.4) is 0 Å². The summed E-state index contributed by atoms with van der Waals surface area (Å²) in [7, 11) is 0. The third-order valence-corrected chi connectivity index (χ3v) is 2.86. The molecule has 0 saturated heterocycles. The summed E-state index contributed by atoms with van der Waals surface area (Å²) >= 11 is 0. The Morgan fingerprint density at radius 2 is 2.11 bits per heavy atom. The first-order valence-corrected chi connectivity index (χ1v) is 6.12. The Bertz CT molecular complexity index is 432. The number of hydrogen-bond acceptors (Lipinski definition) is 4. The standard InChI is InChI=1S/C13H18N2O3/c1-3-5-8-14(4-2)12-6-7-13(15(17)18)11(9-12)10-16/h6-7,9-10H,3-5,8H2,1-2H3. The molecule has 0 heterocycles. The Morgan fingerprint density at radius 3 is 2.61 bits per heavy atom. The van der Waals surface area contributed by atoms with Gasteiger partial charge in [0, 0.05) is 24.8 Å². The number of nitrogens with zero attached hydrogens (tertiary/aromatic N) is 2. The van der Waals surface area contributed by atoms with Gasteiger partial charge in [0.2, 0.25) is 0 Å². The van der Waals surface area contributed by atoms with Crippen LogP contribution in [-0.2, 0) is 0 Å². The molecule has 0 aromatic heterocycles. The van der Waals surface area contributed by atoms with E-state index < -0.39 is 4.92 Å². The van der Waals surface area contributed by atoms with Gasteiger partial charge in [-0.3, -0.25) is 14.9 Å². The van der Waals surface area contributed by atoms with E-state index in [2.05, 4.69) is 11.8 Å². The predicted molar refractivity (Wildman–Crippen MR) is 71.3 cm³/mol. The summed E-state index contributed by atoms with van der Waals surface area (Å²) in [4.78, 5) is 23.2. The molecule has 1 aromatic carbocycles. The third-order valence-electron chi connectivity index (χ3n) is 2.86. The Hall–Kier alpha value is -1.91. The summed E-state index contributed by atoms with van der Waals surface area (Å²) < 4.78 is 0. The zero-order chi connectivity index (χ0) is 13.5. The highest BCUT2D eigenvalue weighted by molar-refractivity contribution is 5.83. The highest BCUT2D eigenvalue weighted by atomic mass is 16.6. The first-order valence-electron chi connectivity index (χ1n) is 6.12. The van der Waals surface area contributed by atoms with E-state index in [-0.39, 0.29) is 11.3 Å². The molecule has 0 fully saturated rings. The van der Waals surface area contributed by atoms with Crippen LogP contribution >= 0.6 is 0 Å². The molecule has 0 aliphatic carbocycles. The van der Waals surface area contributed by atoms with Crippen molar-refractivity contribution in [3.05, 3.63) is 33.9 Å². The van der Waals surface area contributed by atoms with Crippen LogP contribution in [0.25, 0.3) is 0 Å². The number of carbonyl (C=O) groups excluding carboxylic acids is 1. The molecule has 0 N–H and O–H groups in total. The first-order chi connectivity index (χ1) is 8.63. The van der Waals surface area contributed by atoms with Gasteiger partial charge in [0.15, 0.2) is 6.29 Å². The third kappa shape index (κ3) is 3.29. The lowest BCUT2D eigenvalue weighted by Crippen LogP contribution is -2.23. The molecule has 0 atom stereocenters. The van der Waals surface area contributed by atoms with E-state index in [1.54, 1.807) is 12.1 Å². The maximum absolute atomic E-state index is 10.9. The largest absolute Gasteiger partial charge is 0.372 e. The zero-order valence-corrected chi connectivity index (χ0v) is 10.8. The average molecular weight is 250 g/mol. The highest BCUT2D eigenvalue weighted by Gasteiger charge is 2.15. The molecule has 1 aromatic rings. The van der Waals surface area contributed by atoms with Gasteiger partial charge >= 0.3 is 0 Å². The number of unbranched alkanes of at least 4 members (excludes halogenated alkanes) is 1. The molecule has 18 heavy (non-hydrogen) atoms. The van der Waals surface area contributed by atoms with Crippen molar-refractivity contribution < 1.29 is 9.72 Å². The maximum Gasteiger partial charge on any atom is 0.280 e. The molecule has 0 radical (unpaired) electrons. The molecule has 0 aliphatic rings. The van der Waals surface area contributed by atoms with Crippen molar-refractivity contribution in [2.75, 3.05) is 18.0 Å². The number of aldehydes is 1. The molecule has 0 spiro atoms. The Balaban J connectivity index is 3.02. The average Bonchev–Trinajstić information content (AvgIpc) is 2.39. The van der Waals surface area contributed by atoms with Crippen molar-refractivity contribution >= 4 is 17.7 Å². The molecule has 0 aliphatic heterocycles. The van der Waals surface area contributed by atoms with E-state index in [9.17, 15) is 14.9 Å². The van der Waals surface area contributed by atoms with Gasteiger partial charge in [-0.2, -0.15) is 0 Å². The summed E-state index contributed by atoms with van der Waals surface area (Å²) in [6.07, 6.45) is 2.68. The smallest absolute Gasteiger partial charge is 0.280 e. The van der Waals surface area contributed by atoms with Gasteiger partial charge in [0.1, 0.15) is 0 Å². The van der Waals surface area contributed by atoms with Crippen LogP contribution in [0.2, 0.25) is 0 Å². The van der Waals surface area contributed by atoms with Crippen LogP contribution in [0.4, 0.5) is 11.4 Å². The fourth-order valence-electron chi connectivity index (χ4n) is 1.82. The normalized spacial score (nSPS) is 10.1. The summed E-state index contributed by atoms with van der Waals surface area (Å²) in [5.74, 6) is 0. The van der Waals surface area contributed by atoms with Crippen molar-refractivity contribution in [1.29, 1.82) is 0 Å². The van der Waals surface area contributed by atoms with E-state index in [0.29, 0.717) is 6.29 Å². The topological polar surface area (TPSA) is 63.4 Å². The fraction of sp³-hybridized carbons (Fsp3) is 0.462. The van der Waals surface area contributed by atoms with Crippen LogP contribution in [0, 0.1) is 10.1 Å². The van der Waals surface area contributed by atoms with E-state index >= 15 is 0 Å². The zero-order valence-electron chi connectivity index (χ0n) is 10.8. The summed E-state index contributed by atoms with van der Waals surface area (Å²) in [6.45, 7) is 5.84. The SMILES string of the molecule is CCCCN(CC)c1ccc([N+](=O)[O-])c(C=O)c1. The van der Waals surface area contributed by atoms with Gasteiger partial charge < -0.3 is 4.90 Å². The highest BCUT2D eigenvalue weighted by Crippen LogP contribution is 2.24. The van der Waals surface area contributed by atoms with Gasteiger partial charge in [-0.25, -0.2) is 0 Å². The lowest BCUT2D eigenvalue weighted by molar-refractivity contribution is -0.385. The van der Waals surface area contributed by atoms with Crippen LogP contribution < -0.4 is 4.90 Å². The molecular formula is C13H18N2O3. The first kappa shape index (κ1) is 14.2. The second-order valence-electron chi connectivity index (χ2n) is 4.05. The van der Waals surface area contributed by atoms with Gasteiger partial charge in [-0.1, -0.05) is 13.3 Å². The molecule has 1 rings (SSSR count). The molecular weight excluding hydrogens is 232 g/mol. The number of carbonyl (C=O) groups is 1. The number of anilines is 1. The molecule has 0 bridgehead atoms. The maximum atomic E-state index is 10.9. The Labute approximate surface area is 107 Å². The lowest BCUT2D eigenvalue weighted by atomic mass is 10.1. The van der Waals surface area contributed by atoms with E-state index in [0.717, 1.165) is 31.6 Å². The number of hydrogen-bond donors (Lipinski definition) is 0. The number of nitro benzene ring substituents is 1. The van der Waals surface area contributed by atoms with Crippen LogP contribution in [0.15, 0.2) is 18.2 Å².